The molecule has 2 aromatic rings. The number of hydrogen-bond donors (Lipinski definition) is 2. The molecule has 0 aliphatic heterocycles. The molecule has 0 bridgehead atoms. The molecule has 2 N–H and O–H groups in total. The summed E-state index contributed by atoms with van der Waals surface area (Å²) in [5.74, 6) is 0.612. The molecule has 0 aliphatic rings. The van der Waals surface area contributed by atoms with Crippen molar-refractivity contribution in [1.29, 1.82) is 0 Å². The average molecular weight is 340 g/mol. The van der Waals surface area contributed by atoms with Gasteiger partial charge >= 0.3 is 0 Å². The van der Waals surface area contributed by atoms with Crippen molar-refractivity contribution < 1.29 is 14.3 Å². The summed E-state index contributed by atoms with van der Waals surface area (Å²) in [5.41, 5.74) is 2.25. The number of nitrogens with one attached hydrogen (secondary N) is 2. The number of carbonyl (C=O) groups excluding carboxylic acids is 2. The van der Waals surface area contributed by atoms with Crippen molar-refractivity contribution in [1.82, 2.24) is 5.32 Å². The van der Waals surface area contributed by atoms with Gasteiger partial charge in [-0.3, -0.25) is 9.59 Å². The third-order valence-electron chi connectivity index (χ3n) is 3.85. The normalized spacial score (nSPS) is 11.7. The number of hydrogen-bond acceptors (Lipinski definition) is 3. The molecule has 132 valence electrons. The first-order valence-corrected chi connectivity index (χ1v) is 8.30. The van der Waals surface area contributed by atoms with E-state index in [1.807, 2.05) is 24.3 Å². The third-order valence-corrected chi connectivity index (χ3v) is 3.85. The lowest BCUT2D eigenvalue weighted by molar-refractivity contribution is -0.122. The Kier molecular flexibility index (Phi) is 6.17. The van der Waals surface area contributed by atoms with Gasteiger partial charge in [0.15, 0.2) is 6.10 Å². The molecule has 0 saturated heterocycles. The Hall–Kier alpha value is -2.82. The van der Waals surface area contributed by atoms with Gasteiger partial charge in [-0.1, -0.05) is 32.0 Å². The molecular weight excluding hydrogens is 316 g/mol. The van der Waals surface area contributed by atoms with E-state index >= 15 is 0 Å². The van der Waals surface area contributed by atoms with E-state index < -0.39 is 6.10 Å². The van der Waals surface area contributed by atoms with Gasteiger partial charge in [-0.25, -0.2) is 0 Å². The first-order valence-electron chi connectivity index (χ1n) is 8.30. The van der Waals surface area contributed by atoms with Gasteiger partial charge in [0.25, 0.3) is 11.8 Å². The van der Waals surface area contributed by atoms with E-state index in [4.69, 9.17) is 4.74 Å². The SMILES string of the molecule is CNC(=O)c1cccc(NC(=O)C(C)Oc2ccc(C(C)C)cc2)c1. The summed E-state index contributed by atoms with van der Waals surface area (Å²) in [4.78, 5) is 24.0. The molecule has 0 aromatic heterocycles. The van der Waals surface area contributed by atoms with Crippen LogP contribution in [0.1, 0.15) is 42.6 Å². The topological polar surface area (TPSA) is 67.4 Å². The zero-order valence-corrected chi connectivity index (χ0v) is 15.0. The molecular formula is C20H24N2O3. The Morgan fingerprint density at radius 1 is 1.00 bits per heavy atom. The second-order valence-corrected chi connectivity index (χ2v) is 6.13. The number of carbonyl (C=O) groups is 2. The predicted molar refractivity (Wildman–Crippen MR) is 99.1 cm³/mol. The maximum absolute atomic E-state index is 12.3. The molecule has 0 spiro atoms. The van der Waals surface area contributed by atoms with Gasteiger partial charge in [-0.05, 0) is 48.7 Å². The van der Waals surface area contributed by atoms with Gasteiger partial charge in [-0.15, -0.1) is 0 Å². The van der Waals surface area contributed by atoms with Crippen LogP contribution in [0.3, 0.4) is 0 Å². The van der Waals surface area contributed by atoms with Crippen LogP contribution in [0, 0.1) is 0 Å². The summed E-state index contributed by atoms with van der Waals surface area (Å²) < 4.78 is 5.69. The molecule has 2 amide bonds. The Morgan fingerprint density at radius 3 is 2.28 bits per heavy atom. The molecule has 1 atom stereocenters. The monoisotopic (exact) mass is 340 g/mol. The molecule has 5 heteroatoms. The molecule has 25 heavy (non-hydrogen) atoms. The first kappa shape index (κ1) is 18.5. The van der Waals surface area contributed by atoms with Crippen molar-refractivity contribution in [2.24, 2.45) is 0 Å². The van der Waals surface area contributed by atoms with E-state index in [1.165, 1.54) is 5.56 Å². The number of rotatable bonds is 6. The van der Waals surface area contributed by atoms with Crippen LogP contribution >= 0.6 is 0 Å². The van der Waals surface area contributed by atoms with Crippen LogP contribution in [-0.4, -0.2) is 25.0 Å². The lowest BCUT2D eigenvalue weighted by Crippen LogP contribution is -2.30. The van der Waals surface area contributed by atoms with Crippen molar-refractivity contribution in [2.75, 3.05) is 12.4 Å². The van der Waals surface area contributed by atoms with Gasteiger partial charge < -0.3 is 15.4 Å². The van der Waals surface area contributed by atoms with E-state index in [9.17, 15) is 9.59 Å². The highest BCUT2D eigenvalue weighted by Gasteiger charge is 2.15. The minimum absolute atomic E-state index is 0.203. The first-order chi connectivity index (χ1) is 11.9. The van der Waals surface area contributed by atoms with Crippen molar-refractivity contribution in [2.45, 2.75) is 32.8 Å². The lowest BCUT2D eigenvalue weighted by Gasteiger charge is -2.16. The zero-order chi connectivity index (χ0) is 18.4. The Labute approximate surface area is 148 Å². The minimum atomic E-state index is -0.659. The van der Waals surface area contributed by atoms with Gasteiger partial charge in [-0.2, -0.15) is 0 Å². The van der Waals surface area contributed by atoms with Gasteiger partial charge in [0, 0.05) is 18.3 Å². The lowest BCUT2D eigenvalue weighted by atomic mass is 10.0. The van der Waals surface area contributed by atoms with Crippen LogP contribution < -0.4 is 15.4 Å². The van der Waals surface area contributed by atoms with E-state index in [0.29, 0.717) is 22.9 Å². The molecule has 0 aliphatic carbocycles. The Bertz CT molecular complexity index is 739. The number of anilines is 1. The molecule has 5 nitrogen and oxygen atoms in total. The van der Waals surface area contributed by atoms with Gasteiger partial charge in [0.05, 0.1) is 0 Å². The highest BCUT2D eigenvalue weighted by molar-refractivity contribution is 5.98. The predicted octanol–water partition coefficient (Wildman–Crippen LogP) is 3.58. The van der Waals surface area contributed by atoms with E-state index in [0.717, 1.165) is 0 Å². The highest BCUT2D eigenvalue weighted by Crippen LogP contribution is 2.20. The van der Waals surface area contributed by atoms with E-state index in [-0.39, 0.29) is 11.8 Å². The fourth-order valence-corrected chi connectivity index (χ4v) is 2.32. The molecule has 0 fully saturated rings. The van der Waals surface area contributed by atoms with Crippen molar-refractivity contribution in [3.8, 4) is 5.75 Å². The number of amides is 2. The number of benzene rings is 2. The van der Waals surface area contributed by atoms with Crippen molar-refractivity contribution in [3.63, 3.8) is 0 Å². The highest BCUT2D eigenvalue weighted by atomic mass is 16.5. The number of ether oxygens (including phenoxy) is 1. The standard InChI is InChI=1S/C20H24N2O3/c1-13(2)15-8-10-18(11-9-15)25-14(3)19(23)22-17-7-5-6-16(12-17)20(24)21-4/h5-14H,1-4H3,(H,21,24)(H,22,23). The molecule has 0 radical (unpaired) electrons. The molecule has 0 saturated carbocycles. The van der Waals surface area contributed by atoms with Gasteiger partial charge in [0.2, 0.25) is 0 Å². The summed E-state index contributed by atoms with van der Waals surface area (Å²) in [6.45, 7) is 5.94. The summed E-state index contributed by atoms with van der Waals surface area (Å²) in [6.07, 6.45) is -0.659. The van der Waals surface area contributed by atoms with Gasteiger partial charge in [0.1, 0.15) is 5.75 Å². The Balaban J connectivity index is 1.99. The fraction of sp³-hybridized carbons (Fsp3) is 0.300. The van der Waals surface area contributed by atoms with Crippen LogP contribution in [0.5, 0.6) is 5.75 Å². The van der Waals surface area contributed by atoms with Crippen LogP contribution in [0.15, 0.2) is 48.5 Å². The summed E-state index contributed by atoms with van der Waals surface area (Å²) in [7, 11) is 1.56. The Morgan fingerprint density at radius 2 is 1.68 bits per heavy atom. The van der Waals surface area contributed by atoms with E-state index in [1.54, 1.807) is 38.2 Å². The van der Waals surface area contributed by atoms with Crippen LogP contribution in [0.25, 0.3) is 0 Å². The second kappa shape index (κ2) is 8.33. The van der Waals surface area contributed by atoms with Crippen molar-refractivity contribution in [3.05, 3.63) is 59.7 Å². The summed E-state index contributed by atoms with van der Waals surface area (Å²) in [5, 5.41) is 5.32. The van der Waals surface area contributed by atoms with Crippen LogP contribution in [-0.2, 0) is 4.79 Å². The quantitative estimate of drug-likeness (QED) is 0.845. The third kappa shape index (κ3) is 5.08. The molecule has 1 unspecified atom stereocenters. The molecule has 0 heterocycles. The largest absolute Gasteiger partial charge is 0.481 e. The van der Waals surface area contributed by atoms with Crippen LogP contribution in [0.2, 0.25) is 0 Å². The minimum Gasteiger partial charge on any atom is -0.481 e. The maximum atomic E-state index is 12.3. The van der Waals surface area contributed by atoms with Crippen molar-refractivity contribution >= 4 is 17.5 Å². The second-order valence-electron chi connectivity index (χ2n) is 6.13. The summed E-state index contributed by atoms with van der Waals surface area (Å²) >= 11 is 0. The smallest absolute Gasteiger partial charge is 0.265 e. The average Bonchev–Trinajstić information content (AvgIpc) is 2.61. The molecule has 2 aromatic carbocycles. The maximum Gasteiger partial charge on any atom is 0.265 e. The molecule has 2 rings (SSSR count). The van der Waals surface area contributed by atoms with E-state index in [2.05, 4.69) is 24.5 Å². The zero-order valence-electron chi connectivity index (χ0n) is 15.0. The fourth-order valence-electron chi connectivity index (χ4n) is 2.32. The summed E-state index contributed by atoms with van der Waals surface area (Å²) in [6, 6.07) is 14.5. The van der Waals surface area contributed by atoms with Crippen LogP contribution in [0.4, 0.5) is 5.69 Å².